The number of hydrogen-bond donors (Lipinski definition) is 1. The van der Waals surface area contributed by atoms with E-state index in [9.17, 15) is 13.2 Å². The third-order valence-corrected chi connectivity index (χ3v) is 3.82. The molecule has 0 aromatic heterocycles. The molecule has 102 valence electrons. The van der Waals surface area contributed by atoms with Crippen LogP contribution in [0.15, 0.2) is 23.1 Å². The number of unbranched alkanes of at least 4 members (excludes halogenated alkanes) is 2. The van der Waals surface area contributed by atoms with E-state index in [1.165, 1.54) is 6.07 Å². The molecule has 0 radical (unpaired) electrons. The molecular weight excluding hydrogens is 259 g/mol. The lowest BCUT2D eigenvalue weighted by molar-refractivity contribution is -0.137. The number of halogens is 3. The minimum Gasteiger partial charge on any atom is -0.326 e. The van der Waals surface area contributed by atoms with E-state index in [1.54, 1.807) is 11.8 Å². The highest BCUT2D eigenvalue weighted by Crippen LogP contribution is 2.33. The maximum absolute atomic E-state index is 12.5. The number of benzene rings is 1. The van der Waals surface area contributed by atoms with Crippen molar-refractivity contribution in [2.24, 2.45) is 5.73 Å². The quantitative estimate of drug-likeness (QED) is 0.614. The lowest BCUT2D eigenvalue weighted by Crippen LogP contribution is -2.07. The van der Waals surface area contributed by atoms with Crippen molar-refractivity contribution in [3.8, 4) is 0 Å². The van der Waals surface area contributed by atoms with E-state index >= 15 is 0 Å². The van der Waals surface area contributed by atoms with Gasteiger partial charge in [0.2, 0.25) is 0 Å². The van der Waals surface area contributed by atoms with Crippen LogP contribution in [0.4, 0.5) is 13.2 Å². The maximum Gasteiger partial charge on any atom is 0.416 e. The normalized spacial score (nSPS) is 11.8. The molecule has 0 saturated heterocycles. The fraction of sp³-hybridized carbons (Fsp3) is 0.538. The summed E-state index contributed by atoms with van der Waals surface area (Å²) in [5.41, 5.74) is 5.46. The molecule has 0 bridgehead atoms. The molecule has 0 fully saturated rings. The van der Waals surface area contributed by atoms with Crippen LogP contribution in [0, 0.1) is 0 Å². The fourth-order valence-electron chi connectivity index (χ4n) is 1.59. The summed E-state index contributed by atoms with van der Waals surface area (Å²) < 4.78 is 37.6. The number of hydrogen-bond acceptors (Lipinski definition) is 2. The predicted molar refractivity (Wildman–Crippen MR) is 69.6 cm³/mol. The Bertz CT molecular complexity index is 377. The number of rotatable bonds is 6. The van der Waals surface area contributed by atoms with E-state index in [4.69, 9.17) is 5.73 Å². The molecule has 0 saturated carbocycles. The van der Waals surface area contributed by atoms with Crippen LogP contribution in [-0.4, -0.2) is 5.75 Å². The number of thioether (sulfide) groups is 1. The summed E-state index contributed by atoms with van der Waals surface area (Å²) in [6, 6.07) is 3.81. The van der Waals surface area contributed by atoms with Crippen LogP contribution in [-0.2, 0) is 12.7 Å². The van der Waals surface area contributed by atoms with Crippen molar-refractivity contribution in [3.05, 3.63) is 29.3 Å². The second kappa shape index (κ2) is 7.04. The zero-order valence-corrected chi connectivity index (χ0v) is 11.2. The third-order valence-electron chi connectivity index (χ3n) is 2.61. The van der Waals surface area contributed by atoms with E-state index < -0.39 is 11.7 Å². The zero-order chi connectivity index (χ0) is 13.6. The first kappa shape index (κ1) is 15.4. The Morgan fingerprint density at radius 3 is 2.50 bits per heavy atom. The Kier molecular flexibility index (Phi) is 6.02. The Morgan fingerprint density at radius 2 is 1.94 bits per heavy atom. The molecule has 1 aromatic rings. The van der Waals surface area contributed by atoms with Crippen LogP contribution in [0.25, 0.3) is 0 Å². The summed E-state index contributed by atoms with van der Waals surface area (Å²) in [7, 11) is 0. The SMILES string of the molecule is CCCCCSc1ccc(C(F)(F)F)cc1CN. The standard InChI is InChI=1S/C13H18F3NS/c1-2-3-4-7-18-12-6-5-11(13(14,15)16)8-10(12)9-17/h5-6,8H,2-4,7,9,17H2,1H3. The molecule has 1 aromatic carbocycles. The topological polar surface area (TPSA) is 26.0 Å². The molecule has 0 aliphatic rings. The highest BCUT2D eigenvalue weighted by atomic mass is 32.2. The minimum atomic E-state index is -4.30. The molecule has 2 N–H and O–H groups in total. The molecule has 0 spiro atoms. The highest BCUT2D eigenvalue weighted by Gasteiger charge is 2.30. The Hall–Kier alpha value is -0.680. The van der Waals surface area contributed by atoms with Gasteiger partial charge in [0.05, 0.1) is 5.56 Å². The van der Waals surface area contributed by atoms with Crippen molar-refractivity contribution in [2.75, 3.05) is 5.75 Å². The predicted octanol–water partition coefficient (Wildman–Crippen LogP) is 4.45. The Labute approximate surface area is 110 Å². The molecule has 0 heterocycles. The second-order valence-corrected chi connectivity index (χ2v) is 5.22. The van der Waals surface area contributed by atoms with Crippen LogP contribution in [0.1, 0.15) is 37.3 Å². The van der Waals surface area contributed by atoms with Crippen LogP contribution in [0.2, 0.25) is 0 Å². The van der Waals surface area contributed by atoms with Gasteiger partial charge in [0.15, 0.2) is 0 Å². The first-order chi connectivity index (χ1) is 8.49. The number of nitrogens with two attached hydrogens (primary N) is 1. The maximum atomic E-state index is 12.5. The summed E-state index contributed by atoms with van der Waals surface area (Å²) >= 11 is 1.58. The van der Waals surface area contributed by atoms with Gasteiger partial charge in [-0.3, -0.25) is 0 Å². The molecule has 0 atom stereocenters. The van der Waals surface area contributed by atoms with Crippen molar-refractivity contribution < 1.29 is 13.2 Å². The van der Waals surface area contributed by atoms with Crippen LogP contribution < -0.4 is 5.73 Å². The fourth-order valence-corrected chi connectivity index (χ4v) is 2.65. The summed E-state index contributed by atoms with van der Waals surface area (Å²) in [6.45, 7) is 2.26. The summed E-state index contributed by atoms with van der Waals surface area (Å²) in [5.74, 6) is 0.923. The number of alkyl halides is 3. The van der Waals surface area contributed by atoms with Crippen molar-refractivity contribution in [1.82, 2.24) is 0 Å². The van der Waals surface area contributed by atoms with Crippen molar-refractivity contribution in [1.29, 1.82) is 0 Å². The molecule has 1 nitrogen and oxygen atoms in total. The van der Waals surface area contributed by atoms with Crippen LogP contribution >= 0.6 is 11.8 Å². The largest absolute Gasteiger partial charge is 0.416 e. The molecule has 1 rings (SSSR count). The van der Waals surface area contributed by atoms with E-state index in [2.05, 4.69) is 6.92 Å². The first-order valence-electron chi connectivity index (χ1n) is 6.02. The van der Waals surface area contributed by atoms with Crippen LogP contribution in [0.3, 0.4) is 0 Å². The smallest absolute Gasteiger partial charge is 0.326 e. The highest BCUT2D eigenvalue weighted by molar-refractivity contribution is 7.99. The molecular formula is C13H18F3NS. The van der Waals surface area contributed by atoms with Crippen molar-refractivity contribution >= 4 is 11.8 Å². The van der Waals surface area contributed by atoms with Gasteiger partial charge in [-0.05, 0) is 35.9 Å². The van der Waals surface area contributed by atoms with Gasteiger partial charge in [-0.2, -0.15) is 13.2 Å². The zero-order valence-electron chi connectivity index (χ0n) is 10.4. The van der Waals surface area contributed by atoms with E-state index in [0.29, 0.717) is 5.56 Å². The molecule has 0 unspecified atom stereocenters. The van der Waals surface area contributed by atoms with Gasteiger partial charge >= 0.3 is 6.18 Å². The van der Waals surface area contributed by atoms with E-state index in [-0.39, 0.29) is 6.54 Å². The summed E-state index contributed by atoms with van der Waals surface area (Å²) in [6.07, 6.45) is -0.940. The van der Waals surface area contributed by atoms with Crippen molar-refractivity contribution in [3.63, 3.8) is 0 Å². The molecule has 5 heteroatoms. The average molecular weight is 277 g/mol. The van der Waals surface area contributed by atoms with Gasteiger partial charge in [-0.1, -0.05) is 19.8 Å². The second-order valence-electron chi connectivity index (χ2n) is 4.08. The Morgan fingerprint density at radius 1 is 1.22 bits per heavy atom. The van der Waals surface area contributed by atoms with Gasteiger partial charge in [-0.25, -0.2) is 0 Å². The lowest BCUT2D eigenvalue weighted by Gasteiger charge is -2.12. The van der Waals surface area contributed by atoms with Gasteiger partial charge < -0.3 is 5.73 Å². The van der Waals surface area contributed by atoms with Crippen molar-refractivity contribution in [2.45, 2.75) is 43.8 Å². The van der Waals surface area contributed by atoms with Gasteiger partial charge in [-0.15, -0.1) is 11.8 Å². The average Bonchev–Trinajstić information content (AvgIpc) is 2.33. The van der Waals surface area contributed by atoms with Gasteiger partial charge in [0, 0.05) is 11.4 Å². The third kappa shape index (κ3) is 4.53. The monoisotopic (exact) mass is 277 g/mol. The van der Waals surface area contributed by atoms with E-state index in [0.717, 1.165) is 42.0 Å². The Balaban J connectivity index is 2.74. The first-order valence-corrected chi connectivity index (χ1v) is 7.00. The van der Waals surface area contributed by atoms with Crippen LogP contribution in [0.5, 0.6) is 0 Å². The molecule has 0 aliphatic heterocycles. The lowest BCUT2D eigenvalue weighted by atomic mass is 10.1. The molecule has 0 aliphatic carbocycles. The van der Waals surface area contributed by atoms with E-state index in [1.807, 2.05) is 0 Å². The molecule has 18 heavy (non-hydrogen) atoms. The molecule has 0 amide bonds. The van der Waals surface area contributed by atoms with Gasteiger partial charge in [0.1, 0.15) is 0 Å². The van der Waals surface area contributed by atoms with Gasteiger partial charge in [0.25, 0.3) is 0 Å². The minimum absolute atomic E-state index is 0.139. The summed E-state index contributed by atoms with van der Waals surface area (Å²) in [4.78, 5) is 0.863. The summed E-state index contributed by atoms with van der Waals surface area (Å²) in [5, 5.41) is 0.